The summed E-state index contributed by atoms with van der Waals surface area (Å²) in [4.78, 5) is 27.5. The van der Waals surface area contributed by atoms with Gasteiger partial charge in [0.1, 0.15) is 6.54 Å². The van der Waals surface area contributed by atoms with E-state index in [1.54, 1.807) is 18.3 Å². The highest BCUT2D eigenvalue weighted by atomic mass is 16.5. The van der Waals surface area contributed by atoms with Crippen LogP contribution in [0.3, 0.4) is 0 Å². The molecule has 0 unspecified atom stereocenters. The van der Waals surface area contributed by atoms with Gasteiger partial charge in [-0.1, -0.05) is 0 Å². The van der Waals surface area contributed by atoms with Gasteiger partial charge in [-0.05, 0) is 12.1 Å². The number of rotatable bonds is 6. The summed E-state index contributed by atoms with van der Waals surface area (Å²) in [6, 6.07) is 2.84. The van der Waals surface area contributed by atoms with Crippen molar-refractivity contribution in [2.24, 2.45) is 0 Å². The smallest absolute Gasteiger partial charge is 0.323 e. The minimum atomic E-state index is -1.08. The van der Waals surface area contributed by atoms with E-state index in [-0.39, 0.29) is 19.7 Å². The number of nitrogens with zero attached hydrogens (tertiary/aromatic N) is 2. The fraction of sp³-hybridized carbons (Fsp3) is 0.364. The number of carbonyl (C=O) groups is 2. The molecule has 0 spiro atoms. The number of hydrogen-bond acceptors (Lipinski definition) is 4. The van der Waals surface area contributed by atoms with Crippen LogP contribution in [0, 0.1) is 0 Å². The van der Waals surface area contributed by atoms with Gasteiger partial charge in [-0.2, -0.15) is 0 Å². The Morgan fingerprint density at radius 1 is 1.56 bits per heavy atom. The Morgan fingerprint density at radius 3 is 2.89 bits per heavy atom. The van der Waals surface area contributed by atoms with E-state index in [2.05, 4.69) is 10.3 Å². The molecule has 1 aromatic rings. The molecule has 98 valence electrons. The summed E-state index contributed by atoms with van der Waals surface area (Å²) in [6.07, 6.45) is 3.06. The third-order valence-corrected chi connectivity index (χ3v) is 2.09. The minimum Gasteiger partial charge on any atom is -0.480 e. The van der Waals surface area contributed by atoms with Crippen molar-refractivity contribution < 1.29 is 19.4 Å². The fourth-order valence-corrected chi connectivity index (χ4v) is 1.26. The SMILES string of the molecule is COCCN(CC(=O)O)C(=O)Nc1cccnc1. The number of carboxylic acids is 1. The van der Waals surface area contributed by atoms with Crippen LogP contribution in [0.25, 0.3) is 0 Å². The summed E-state index contributed by atoms with van der Waals surface area (Å²) in [6.45, 7) is 0.0953. The number of amides is 2. The van der Waals surface area contributed by atoms with E-state index in [1.807, 2.05) is 0 Å². The van der Waals surface area contributed by atoms with E-state index >= 15 is 0 Å². The van der Waals surface area contributed by atoms with Gasteiger partial charge in [-0.25, -0.2) is 4.79 Å². The number of urea groups is 1. The highest BCUT2D eigenvalue weighted by Gasteiger charge is 2.16. The lowest BCUT2D eigenvalue weighted by Crippen LogP contribution is -2.40. The lowest BCUT2D eigenvalue weighted by molar-refractivity contribution is -0.137. The van der Waals surface area contributed by atoms with E-state index in [0.29, 0.717) is 5.69 Å². The van der Waals surface area contributed by atoms with Crippen LogP contribution in [0.2, 0.25) is 0 Å². The molecule has 0 aliphatic heterocycles. The molecule has 2 N–H and O–H groups in total. The van der Waals surface area contributed by atoms with Gasteiger partial charge in [0, 0.05) is 19.9 Å². The molecule has 0 atom stereocenters. The molecule has 0 saturated heterocycles. The molecule has 1 aromatic heterocycles. The summed E-state index contributed by atoms with van der Waals surface area (Å²) >= 11 is 0. The van der Waals surface area contributed by atoms with Crippen molar-refractivity contribution in [1.29, 1.82) is 0 Å². The number of hydrogen-bond donors (Lipinski definition) is 2. The van der Waals surface area contributed by atoms with Crippen molar-refractivity contribution in [3.63, 3.8) is 0 Å². The average molecular weight is 253 g/mol. The van der Waals surface area contributed by atoms with E-state index in [9.17, 15) is 9.59 Å². The number of methoxy groups -OCH3 is 1. The predicted octanol–water partition coefficient (Wildman–Crippen LogP) is 0.646. The van der Waals surface area contributed by atoms with E-state index in [1.165, 1.54) is 13.3 Å². The lowest BCUT2D eigenvalue weighted by atomic mass is 10.4. The number of carboxylic acid groups (broad SMARTS) is 1. The third kappa shape index (κ3) is 4.79. The Balaban J connectivity index is 2.60. The molecule has 18 heavy (non-hydrogen) atoms. The standard InChI is InChI=1S/C11H15N3O4/c1-18-6-5-14(8-10(15)16)11(17)13-9-3-2-4-12-7-9/h2-4,7H,5-6,8H2,1H3,(H,13,17)(H,15,16). The normalized spacial score (nSPS) is 9.83. The molecule has 0 fully saturated rings. The number of aliphatic carboxylic acids is 1. The van der Waals surface area contributed by atoms with Crippen LogP contribution in [0.1, 0.15) is 0 Å². The van der Waals surface area contributed by atoms with E-state index in [0.717, 1.165) is 4.90 Å². The van der Waals surface area contributed by atoms with Crippen molar-refractivity contribution in [3.8, 4) is 0 Å². The van der Waals surface area contributed by atoms with Crippen LogP contribution in [0.5, 0.6) is 0 Å². The topological polar surface area (TPSA) is 91.8 Å². The predicted molar refractivity (Wildman–Crippen MR) is 64.3 cm³/mol. The number of ether oxygens (including phenoxy) is 1. The molecule has 0 aromatic carbocycles. The molecule has 0 aliphatic carbocycles. The zero-order valence-corrected chi connectivity index (χ0v) is 10.00. The summed E-state index contributed by atoms with van der Waals surface area (Å²) in [5, 5.41) is 11.3. The maximum absolute atomic E-state index is 11.8. The number of anilines is 1. The second-order valence-electron chi connectivity index (χ2n) is 3.48. The first-order valence-electron chi connectivity index (χ1n) is 5.30. The lowest BCUT2D eigenvalue weighted by Gasteiger charge is -2.20. The number of nitrogens with one attached hydrogen (secondary N) is 1. The van der Waals surface area contributed by atoms with Gasteiger partial charge in [-0.3, -0.25) is 9.78 Å². The van der Waals surface area contributed by atoms with Crippen LogP contribution in [0.15, 0.2) is 24.5 Å². The molecule has 1 rings (SSSR count). The van der Waals surface area contributed by atoms with E-state index < -0.39 is 12.0 Å². The first kappa shape index (κ1) is 13.9. The van der Waals surface area contributed by atoms with Crippen molar-refractivity contribution in [3.05, 3.63) is 24.5 Å². The molecule has 0 radical (unpaired) electrons. The summed E-state index contributed by atoms with van der Waals surface area (Å²) in [5.41, 5.74) is 0.510. The van der Waals surface area contributed by atoms with Crippen molar-refractivity contribution in [2.45, 2.75) is 0 Å². The molecular weight excluding hydrogens is 238 g/mol. The Labute approximate surface area is 104 Å². The average Bonchev–Trinajstić information content (AvgIpc) is 2.35. The fourth-order valence-electron chi connectivity index (χ4n) is 1.26. The Hall–Kier alpha value is -2.15. The first-order valence-corrected chi connectivity index (χ1v) is 5.30. The Bertz CT molecular complexity index is 397. The van der Waals surface area contributed by atoms with Gasteiger partial charge in [0.2, 0.25) is 0 Å². The maximum atomic E-state index is 11.8. The van der Waals surface area contributed by atoms with Crippen molar-refractivity contribution in [1.82, 2.24) is 9.88 Å². The largest absolute Gasteiger partial charge is 0.480 e. The molecule has 0 bridgehead atoms. The van der Waals surface area contributed by atoms with Crippen LogP contribution < -0.4 is 5.32 Å². The summed E-state index contributed by atoms with van der Waals surface area (Å²) in [5.74, 6) is -1.08. The minimum absolute atomic E-state index is 0.203. The van der Waals surface area contributed by atoms with Gasteiger partial charge < -0.3 is 20.1 Å². The van der Waals surface area contributed by atoms with E-state index in [4.69, 9.17) is 9.84 Å². The molecular formula is C11H15N3O4. The summed E-state index contributed by atoms with van der Waals surface area (Å²) < 4.78 is 4.83. The van der Waals surface area contributed by atoms with Gasteiger partial charge in [-0.15, -0.1) is 0 Å². The van der Waals surface area contributed by atoms with Crippen molar-refractivity contribution in [2.75, 3.05) is 32.1 Å². The monoisotopic (exact) mass is 253 g/mol. The van der Waals surface area contributed by atoms with Crippen LogP contribution >= 0.6 is 0 Å². The van der Waals surface area contributed by atoms with Gasteiger partial charge in [0.25, 0.3) is 0 Å². The highest BCUT2D eigenvalue weighted by molar-refractivity contribution is 5.91. The molecule has 2 amide bonds. The number of aromatic nitrogens is 1. The van der Waals surface area contributed by atoms with Crippen LogP contribution in [0.4, 0.5) is 10.5 Å². The highest BCUT2D eigenvalue weighted by Crippen LogP contribution is 2.04. The Kier molecular flexibility index (Phi) is 5.59. The molecule has 0 aliphatic rings. The summed E-state index contributed by atoms with van der Waals surface area (Å²) in [7, 11) is 1.48. The van der Waals surface area contributed by atoms with Gasteiger partial charge in [0.05, 0.1) is 18.5 Å². The van der Waals surface area contributed by atoms with Crippen LogP contribution in [-0.2, 0) is 9.53 Å². The number of carbonyl (C=O) groups excluding carboxylic acids is 1. The molecule has 1 heterocycles. The molecule has 7 heteroatoms. The Morgan fingerprint density at radius 2 is 2.33 bits per heavy atom. The molecule has 7 nitrogen and oxygen atoms in total. The maximum Gasteiger partial charge on any atom is 0.323 e. The first-order chi connectivity index (χ1) is 8.63. The zero-order chi connectivity index (χ0) is 13.4. The van der Waals surface area contributed by atoms with Gasteiger partial charge in [0.15, 0.2) is 0 Å². The molecule has 0 saturated carbocycles. The second kappa shape index (κ2) is 7.23. The van der Waals surface area contributed by atoms with Crippen molar-refractivity contribution >= 4 is 17.7 Å². The van der Waals surface area contributed by atoms with Crippen LogP contribution in [-0.4, -0.2) is 53.8 Å². The third-order valence-electron chi connectivity index (χ3n) is 2.09. The quantitative estimate of drug-likeness (QED) is 0.776. The number of pyridine rings is 1. The van der Waals surface area contributed by atoms with Gasteiger partial charge >= 0.3 is 12.0 Å². The second-order valence-corrected chi connectivity index (χ2v) is 3.48. The zero-order valence-electron chi connectivity index (χ0n) is 10.00.